The fourth-order valence-corrected chi connectivity index (χ4v) is 3.31. The number of fused-ring (bicyclic) bond motifs is 2. The molecule has 0 amide bonds. The minimum Gasteiger partial charge on any atom is -0.336 e. The molecule has 0 saturated heterocycles. The molecule has 2 aliphatic rings. The van der Waals surface area contributed by atoms with Crippen LogP contribution in [-0.2, 0) is 0 Å². The predicted molar refractivity (Wildman–Crippen MR) is 70.2 cm³/mol. The second-order valence-corrected chi connectivity index (χ2v) is 5.41. The monoisotopic (exact) mass is 248 g/mol. The summed E-state index contributed by atoms with van der Waals surface area (Å²) in [4.78, 5) is 0. The summed E-state index contributed by atoms with van der Waals surface area (Å²) in [5.41, 5.74) is 2.29. The highest BCUT2D eigenvalue weighted by Crippen LogP contribution is 2.40. The third-order valence-corrected chi connectivity index (χ3v) is 4.24. The van der Waals surface area contributed by atoms with E-state index in [1.807, 2.05) is 0 Å². The van der Waals surface area contributed by atoms with Gasteiger partial charge in [0.05, 0.1) is 11.4 Å². The van der Waals surface area contributed by atoms with Crippen LogP contribution in [0.1, 0.15) is 0 Å². The second kappa shape index (κ2) is 2.93. The SMILES string of the molecule is c1cc2c(s1)N/C(=C1\Nc3ccsc3N1)N2. The Kier molecular flexibility index (Phi) is 1.55. The highest BCUT2D eigenvalue weighted by molar-refractivity contribution is 7.15. The van der Waals surface area contributed by atoms with Gasteiger partial charge < -0.3 is 21.3 Å². The third kappa shape index (κ3) is 1.08. The molecule has 0 bridgehead atoms. The maximum Gasteiger partial charge on any atom is 0.150 e. The van der Waals surface area contributed by atoms with Gasteiger partial charge in [-0.3, -0.25) is 0 Å². The highest BCUT2D eigenvalue weighted by atomic mass is 32.1. The first-order valence-corrected chi connectivity index (χ1v) is 6.63. The van der Waals surface area contributed by atoms with Crippen molar-refractivity contribution in [3.05, 3.63) is 34.5 Å². The van der Waals surface area contributed by atoms with Crippen molar-refractivity contribution in [2.24, 2.45) is 0 Å². The Labute approximate surface area is 100.0 Å². The van der Waals surface area contributed by atoms with Crippen LogP contribution in [-0.4, -0.2) is 0 Å². The summed E-state index contributed by atoms with van der Waals surface area (Å²) < 4.78 is 0. The Balaban J connectivity index is 1.69. The molecule has 0 spiro atoms. The van der Waals surface area contributed by atoms with E-state index in [2.05, 4.69) is 44.2 Å². The van der Waals surface area contributed by atoms with Gasteiger partial charge in [-0.1, -0.05) is 0 Å². The van der Waals surface area contributed by atoms with Gasteiger partial charge in [-0.05, 0) is 22.9 Å². The molecule has 0 radical (unpaired) electrons. The Morgan fingerprint density at radius 3 is 1.62 bits per heavy atom. The van der Waals surface area contributed by atoms with Gasteiger partial charge in [-0.15, -0.1) is 22.7 Å². The zero-order chi connectivity index (χ0) is 10.5. The van der Waals surface area contributed by atoms with Crippen molar-refractivity contribution in [1.82, 2.24) is 0 Å². The third-order valence-electron chi connectivity index (χ3n) is 2.58. The molecule has 0 aliphatic carbocycles. The number of hydrogen-bond acceptors (Lipinski definition) is 6. The van der Waals surface area contributed by atoms with E-state index in [0.29, 0.717) is 0 Å². The molecule has 0 atom stereocenters. The number of rotatable bonds is 0. The fraction of sp³-hybridized carbons (Fsp3) is 0. The van der Waals surface area contributed by atoms with E-state index in [1.54, 1.807) is 22.7 Å². The molecule has 0 saturated carbocycles. The lowest BCUT2D eigenvalue weighted by atomic mass is 10.5. The van der Waals surface area contributed by atoms with Crippen LogP contribution in [0, 0.1) is 0 Å². The van der Waals surface area contributed by atoms with Crippen LogP contribution < -0.4 is 21.3 Å². The van der Waals surface area contributed by atoms with Crippen LogP contribution in [0.25, 0.3) is 0 Å². The Hall–Kier alpha value is -1.66. The second-order valence-electron chi connectivity index (χ2n) is 3.58. The summed E-state index contributed by atoms with van der Waals surface area (Å²) in [6, 6.07) is 4.15. The van der Waals surface area contributed by atoms with Crippen molar-refractivity contribution >= 4 is 44.1 Å². The van der Waals surface area contributed by atoms with E-state index in [9.17, 15) is 0 Å². The van der Waals surface area contributed by atoms with Crippen LogP contribution in [0.15, 0.2) is 34.5 Å². The summed E-state index contributed by atoms with van der Waals surface area (Å²) in [5, 5.41) is 19.8. The molecule has 80 valence electrons. The summed E-state index contributed by atoms with van der Waals surface area (Å²) in [5.74, 6) is 1.98. The quantitative estimate of drug-likeness (QED) is 0.578. The van der Waals surface area contributed by atoms with Gasteiger partial charge in [0.15, 0.2) is 11.6 Å². The lowest BCUT2D eigenvalue weighted by Gasteiger charge is -2.06. The van der Waals surface area contributed by atoms with E-state index in [1.165, 1.54) is 10.0 Å². The molecule has 0 fully saturated rings. The molecule has 2 aromatic heterocycles. The van der Waals surface area contributed by atoms with Crippen LogP contribution in [0.3, 0.4) is 0 Å². The molecular weight excluding hydrogens is 240 g/mol. The van der Waals surface area contributed by atoms with Crippen molar-refractivity contribution in [2.75, 3.05) is 21.3 Å². The minimum absolute atomic E-state index is 0.991. The topological polar surface area (TPSA) is 48.1 Å². The maximum absolute atomic E-state index is 3.35. The van der Waals surface area contributed by atoms with Crippen molar-refractivity contribution < 1.29 is 0 Å². The van der Waals surface area contributed by atoms with Crippen molar-refractivity contribution in [1.29, 1.82) is 0 Å². The van der Waals surface area contributed by atoms with Gasteiger partial charge in [0.2, 0.25) is 0 Å². The smallest absolute Gasteiger partial charge is 0.150 e. The average Bonchev–Trinajstić information content (AvgIpc) is 2.94. The van der Waals surface area contributed by atoms with Gasteiger partial charge in [-0.25, -0.2) is 0 Å². The molecule has 6 heteroatoms. The Bertz CT molecular complexity index is 498. The molecule has 4 heterocycles. The predicted octanol–water partition coefficient (Wildman–Crippen LogP) is 3.31. The molecule has 0 unspecified atom stereocenters. The number of nitrogens with one attached hydrogen (secondary N) is 4. The average molecular weight is 248 g/mol. The van der Waals surface area contributed by atoms with E-state index in [0.717, 1.165) is 23.0 Å². The van der Waals surface area contributed by atoms with E-state index < -0.39 is 0 Å². The van der Waals surface area contributed by atoms with E-state index in [-0.39, 0.29) is 0 Å². The lowest BCUT2D eigenvalue weighted by Crippen LogP contribution is -2.12. The molecule has 4 N–H and O–H groups in total. The molecule has 0 aromatic carbocycles. The van der Waals surface area contributed by atoms with Gasteiger partial charge in [0, 0.05) is 0 Å². The zero-order valence-corrected chi connectivity index (χ0v) is 9.76. The zero-order valence-electron chi connectivity index (χ0n) is 8.13. The van der Waals surface area contributed by atoms with Crippen LogP contribution in [0.5, 0.6) is 0 Å². The summed E-state index contributed by atoms with van der Waals surface area (Å²) in [6.07, 6.45) is 0. The standard InChI is InChI=1S/C10H8N4S2/c1-3-15-9-5(1)11-7(13-9)8-12-6-2-4-16-10(6)14-8/h1-4,11-14H/b8-7+. The van der Waals surface area contributed by atoms with Crippen LogP contribution in [0.4, 0.5) is 21.4 Å². The first kappa shape index (κ1) is 8.49. The first-order valence-electron chi connectivity index (χ1n) is 4.87. The maximum atomic E-state index is 3.35. The van der Waals surface area contributed by atoms with Gasteiger partial charge in [0.1, 0.15) is 10.0 Å². The van der Waals surface area contributed by atoms with Crippen molar-refractivity contribution in [2.45, 2.75) is 0 Å². The van der Waals surface area contributed by atoms with Gasteiger partial charge >= 0.3 is 0 Å². The lowest BCUT2D eigenvalue weighted by molar-refractivity contribution is 1.33. The minimum atomic E-state index is 0.991. The molecule has 2 aliphatic heterocycles. The van der Waals surface area contributed by atoms with Crippen molar-refractivity contribution in [3.63, 3.8) is 0 Å². The largest absolute Gasteiger partial charge is 0.336 e. The van der Waals surface area contributed by atoms with E-state index >= 15 is 0 Å². The number of anilines is 4. The molecule has 2 aromatic rings. The molecule has 4 rings (SSSR count). The van der Waals surface area contributed by atoms with Crippen molar-refractivity contribution in [3.8, 4) is 0 Å². The molecule has 4 nitrogen and oxygen atoms in total. The summed E-state index contributed by atoms with van der Waals surface area (Å²) >= 11 is 3.40. The van der Waals surface area contributed by atoms with Crippen LogP contribution in [0.2, 0.25) is 0 Å². The highest BCUT2D eigenvalue weighted by Gasteiger charge is 2.23. The number of thiophene rings is 2. The summed E-state index contributed by atoms with van der Waals surface area (Å²) in [6.45, 7) is 0. The fourth-order valence-electron chi connectivity index (χ4n) is 1.82. The van der Waals surface area contributed by atoms with Gasteiger partial charge in [0.25, 0.3) is 0 Å². The summed E-state index contributed by atoms with van der Waals surface area (Å²) in [7, 11) is 0. The van der Waals surface area contributed by atoms with Crippen LogP contribution >= 0.6 is 22.7 Å². The Morgan fingerprint density at radius 1 is 0.688 bits per heavy atom. The first-order chi connectivity index (χ1) is 7.90. The molecular formula is C10H8N4S2. The normalized spacial score (nSPS) is 20.5. The molecule has 16 heavy (non-hydrogen) atoms. The van der Waals surface area contributed by atoms with E-state index in [4.69, 9.17) is 0 Å². The number of hydrogen-bond donors (Lipinski definition) is 4. The Morgan fingerprint density at radius 2 is 1.19 bits per heavy atom. The van der Waals surface area contributed by atoms with Gasteiger partial charge in [-0.2, -0.15) is 0 Å².